The van der Waals surface area contributed by atoms with Gasteiger partial charge in [-0.1, -0.05) is 60.7 Å². The summed E-state index contributed by atoms with van der Waals surface area (Å²) in [7, 11) is 0. The van der Waals surface area contributed by atoms with Gasteiger partial charge in [0.15, 0.2) is 31.1 Å². The van der Waals surface area contributed by atoms with Crippen molar-refractivity contribution in [3.63, 3.8) is 0 Å². The molecule has 0 aliphatic rings. The number of nitrogens with zero attached hydrogens (tertiary/aromatic N) is 6. The number of carbonyl (C=O) groups excluding carboxylic acids is 2. The van der Waals surface area contributed by atoms with Crippen molar-refractivity contribution in [3.05, 3.63) is 192 Å². The van der Waals surface area contributed by atoms with E-state index in [0.717, 1.165) is 46.0 Å². The van der Waals surface area contributed by atoms with Gasteiger partial charge in [-0.3, -0.25) is 9.59 Å². The van der Waals surface area contributed by atoms with Gasteiger partial charge in [0.25, 0.3) is 11.8 Å². The zero-order chi connectivity index (χ0) is 36.7. The fourth-order valence-electron chi connectivity index (χ4n) is 6.29. The van der Waals surface area contributed by atoms with Gasteiger partial charge >= 0.3 is 0 Å². The van der Waals surface area contributed by atoms with Gasteiger partial charge in [0, 0.05) is 51.6 Å². The summed E-state index contributed by atoms with van der Waals surface area (Å²) in [5.74, 6) is -1.01. The van der Waals surface area contributed by atoms with E-state index in [1.54, 1.807) is 36.7 Å². The number of carbonyl (C=O) groups is 2. The monoisotopic (exact) mass is 706 g/mol. The molecule has 8 aromatic rings. The lowest BCUT2D eigenvalue weighted by Crippen LogP contribution is -2.34. The minimum atomic E-state index is -0.503. The molecule has 4 aromatic carbocycles. The molecule has 10 nitrogen and oxygen atoms in total. The van der Waals surface area contributed by atoms with Crippen LogP contribution in [-0.2, 0) is 13.1 Å². The van der Waals surface area contributed by atoms with Crippen molar-refractivity contribution in [1.82, 2.24) is 20.8 Å². The molecule has 0 radical (unpaired) electrons. The summed E-state index contributed by atoms with van der Waals surface area (Å²) < 4.78 is 4.39. The van der Waals surface area contributed by atoms with Crippen molar-refractivity contribution in [2.45, 2.75) is 13.1 Å². The van der Waals surface area contributed by atoms with Crippen LogP contribution in [0.15, 0.2) is 168 Å². The average Bonchev–Trinajstić information content (AvgIpc) is 3.21. The fraction of sp³-hybridized carbons (Fsp3) is 0.0455. The lowest BCUT2D eigenvalue weighted by Gasteiger charge is -2.04. The molecule has 4 aromatic heterocycles. The summed E-state index contributed by atoms with van der Waals surface area (Å²) in [5, 5.41) is 11.1. The molecule has 54 heavy (non-hydrogen) atoms. The van der Waals surface area contributed by atoms with Gasteiger partial charge in [-0.2, -0.15) is 19.3 Å². The van der Waals surface area contributed by atoms with Gasteiger partial charge in [-0.25, -0.2) is 20.8 Å². The molecule has 0 aliphatic heterocycles. The van der Waals surface area contributed by atoms with Gasteiger partial charge in [-0.05, 0) is 71.8 Å². The van der Waals surface area contributed by atoms with Crippen LogP contribution < -0.4 is 20.0 Å². The van der Waals surface area contributed by atoms with E-state index < -0.39 is 11.8 Å². The zero-order valence-corrected chi connectivity index (χ0v) is 29.1. The van der Waals surface area contributed by atoms with Gasteiger partial charge in [-0.15, -0.1) is 0 Å². The van der Waals surface area contributed by atoms with Crippen LogP contribution in [0.3, 0.4) is 0 Å². The predicted molar refractivity (Wildman–Crippen MR) is 209 cm³/mol. The summed E-state index contributed by atoms with van der Waals surface area (Å²) in [5.41, 5.74) is 11.9. The number of pyridine rings is 4. The van der Waals surface area contributed by atoms with E-state index >= 15 is 0 Å². The van der Waals surface area contributed by atoms with Crippen LogP contribution in [0, 0.1) is 0 Å². The minimum Gasteiger partial charge on any atom is -0.266 e. The number of aromatic nitrogens is 4. The third-order valence-corrected chi connectivity index (χ3v) is 8.97. The molecule has 8 rings (SSSR count). The maximum absolute atomic E-state index is 13.0. The highest BCUT2D eigenvalue weighted by Gasteiger charge is 2.14. The van der Waals surface area contributed by atoms with E-state index in [1.165, 1.54) is 11.1 Å². The largest absolute Gasteiger partial charge is 0.290 e. The van der Waals surface area contributed by atoms with Gasteiger partial charge < -0.3 is 0 Å². The molecular weight excluding hydrogens is 673 g/mol. The van der Waals surface area contributed by atoms with Crippen molar-refractivity contribution < 1.29 is 18.7 Å². The standard InChI is InChI=1S/C44H32N8O2/c53-43(49-45-27-33-15-21-40-36(25-33)13-7-23-51(40)29-31-9-3-1-4-10-31)38-19-17-35-18-20-39(48-42(35)47-38)44(54)50-46-28-34-16-22-41-37(26-34)14-8-24-52(41)30-32-11-5-2-6-12-32/h1-28H,29-30H2/p+2. The van der Waals surface area contributed by atoms with Crippen LogP contribution in [0.1, 0.15) is 43.2 Å². The van der Waals surface area contributed by atoms with Gasteiger partial charge in [0.2, 0.25) is 11.0 Å². The molecule has 0 fully saturated rings. The number of nitrogens with one attached hydrogen (secondary N) is 2. The van der Waals surface area contributed by atoms with E-state index in [2.05, 4.69) is 76.8 Å². The Kier molecular flexibility index (Phi) is 9.62. The Hall–Kier alpha value is -7.46. The summed E-state index contributed by atoms with van der Waals surface area (Å²) in [6.07, 6.45) is 7.31. The van der Waals surface area contributed by atoms with Crippen LogP contribution in [0.4, 0.5) is 0 Å². The number of benzene rings is 4. The summed E-state index contributed by atoms with van der Waals surface area (Å²) >= 11 is 0. The molecule has 2 amide bonds. The second-order valence-corrected chi connectivity index (χ2v) is 12.7. The first-order valence-corrected chi connectivity index (χ1v) is 17.4. The van der Waals surface area contributed by atoms with Gasteiger partial charge in [0.1, 0.15) is 11.4 Å². The van der Waals surface area contributed by atoms with E-state index in [4.69, 9.17) is 0 Å². The van der Waals surface area contributed by atoms with Crippen LogP contribution in [0.2, 0.25) is 0 Å². The molecule has 0 aliphatic carbocycles. The Balaban J connectivity index is 0.902. The quantitative estimate of drug-likeness (QED) is 0.101. The number of rotatable bonds is 10. The molecule has 0 unspecified atom stereocenters. The molecule has 0 atom stereocenters. The van der Waals surface area contributed by atoms with Crippen molar-refractivity contribution in [2.75, 3.05) is 0 Å². The number of fused-ring (bicyclic) bond motifs is 3. The Morgan fingerprint density at radius 2 is 0.981 bits per heavy atom. The Labute approximate surface area is 310 Å². The second-order valence-electron chi connectivity index (χ2n) is 12.7. The van der Waals surface area contributed by atoms with E-state index in [0.29, 0.717) is 5.39 Å². The van der Waals surface area contributed by atoms with Crippen LogP contribution >= 0.6 is 0 Å². The van der Waals surface area contributed by atoms with Crippen molar-refractivity contribution >= 4 is 57.1 Å². The SMILES string of the molecule is O=C(NN=Cc1ccc2c(ccc[n+]2Cc2ccccc2)c1)c1ccc2ccc(C(=O)NN=Cc3ccc4c(ccc[n+]4Cc4ccccc4)c3)nc2n1. The first-order chi connectivity index (χ1) is 26.6. The summed E-state index contributed by atoms with van der Waals surface area (Å²) in [6.45, 7) is 1.52. The van der Waals surface area contributed by atoms with E-state index in [1.807, 2.05) is 97.1 Å². The molecule has 0 saturated carbocycles. The molecular formula is C44H34N8O2+2. The number of hydrazone groups is 2. The minimum absolute atomic E-state index is 0.115. The molecule has 260 valence electrons. The lowest BCUT2D eigenvalue weighted by atomic mass is 10.1. The molecule has 10 heteroatoms. The fourth-order valence-corrected chi connectivity index (χ4v) is 6.29. The highest BCUT2D eigenvalue weighted by atomic mass is 16.2. The van der Waals surface area contributed by atoms with E-state index in [9.17, 15) is 9.59 Å². The number of amides is 2. The Morgan fingerprint density at radius 1 is 0.519 bits per heavy atom. The highest BCUT2D eigenvalue weighted by Crippen LogP contribution is 2.15. The second kappa shape index (κ2) is 15.4. The molecule has 0 saturated heterocycles. The van der Waals surface area contributed by atoms with Crippen molar-refractivity contribution in [1.29, 1.82) is 0 Å². The predicted octanol–water partition coefficient (Wildman–Crippen LogP) is 6.14. The Morgan fingerprint density at radius 3 is 1.44 bits per heavy atom. The smallest absolute Gasteiger partial charge is 0.266 e. The average molecular weight is 707 g/mol. The molecule has 2 N–H and O–H groups in total. The number of hydrogen-bond donors (Lipinski definition) is 2. The highest BCUT2D eigenvalue weighted by molar-refractivity contribution is 5.97. The van der Waals surface area contributed by atoms with Gasteiger partial charge in [0.05, 0.1) is 12.4 Å². The normalized spacial score (nSPS) is 11.5. The van der Waals surface area contributed by atoms with Crippen LogP contribution in [0.25, 0.3) is 32.8 Å². The Bertz CT molecular complexity index is 2530. The molecule has 0 bridgehead atoms. The van der Waals surface area contributed by atoms with E-state index in [-0.39, 0.29) is 17.0 Å². The first kappa shape index (κ1) is 33.7. The van der Waals surface area contributed by atoms with Crippen LogP contribution in [-0.4, -0.2) is 34.2 Å². The van der Waals surface area contributed by atoms with Crippen molar-refractivity contribution in [3.8, 4) is 0 Å². The molecule has 0 spiro atoms. The maximum Gasteiger partial charge on any atom is 0.290 e. The third-order valence-electron chi connectivity index (χ3n) is 8.97. The zero-order valence-electron chi connectivity index (χ0n) is 29.1. The molecule has 4 heterocycles. The van der Waals surface area contributed by atoms with Crippen LogP contribution in [0.5, 0.6) is 0 Å². The maximum atomic E-state index is 13.0. The first-order valence-electron chi connectivity index (χ1n) is 17.4. The topological polar surface area (TPSA) is 116 Å². The van der Waals surface area contributed by atoms with Crippen molar-refractivity contribution in [2.24, 2.45) is 10.2 Å². The lowest BCUT2D eigenvalue weighted by molar-refractivity contribution is -0.662. The summed E-state index contributed by atoms with van der Waals surface area (Å²) in [4.78, 5) is 34.7. The summed E-state index contributed by atoms with van der Waals surface area (Å²) in [6, 6.07) is 47.4. The third kappa shape index (κ3) is 7.73. The number of hydrogen-bond acceptors (Lipinski definition) is 6.